The number of nitrogens with two attached hydrogens (primary N) is 2. The van der Waals surface area contributed by atoms with E-state index < -0.39 is 0 Å². The number of hydrogen-bond acceptors (Lipinski definition) is 6. The van der Waals surface area contributed by atoms with Gasteiger partial charge in [-0.25, -0.2) is 4.98 Å². The Kier molecular flexibility index (Phi) is 4.31. The van der Waals surface area contributed by atoms with Gasteiger partial charge in [-0.1, -0.05) is 12.1 Å². The summed E-state index contributed by atoms with van der Waals surface area (Å²) in [5, 5.41) is 14.7. The van der Waals surface area contributed by atoms with Crippen LogP contribution in [0.3, 0.4) is 0 Å². The number of hydrazone groups is 1. The van der Waals surface area contributed by atoms with Crippen LogP contribution >= 0.6 is 11.3 Å². The van der Waals surface area contributed by atoms with Crippen molar-refractivity contribution in [3.63, 3.8) is 0 Å². The summed E-state index contributed by atoms with van der Waals surface area (Å²) >= 11 is 1.68. The number of likely N-dealkylation sites (N-methyl/N-ethyl adjacent to an activating group) is 1. The third-order valence-electron chi connectivity index (χ3n) is 3.72. The third-order valence-corrected chi connectivity index (χ3v) is 4.47. The Balaban J connectivity index is 2.08. The lowest BCUT2D eigenvalue weighted by Gasteiger charge is -2.13. The normalized spacial score (nSPS) is 12.4. The van der Waals surface area contributed by atoms with Crippen molar-refractivity contribution in [2.45, 2.75) is 0 Å². The van der Waals surface area contributed by atoms with Crippen LogP contribution in [-0.2, 0) is 0 Å². The van der Waals surface area contributed by atoms with E-state index in [2.05, 4.69) is 40.2 Å². The van der Waals surface area contributed by atoms with E-state index in [-0.39, 0.29) is 0 Å². The standard InChI is InChI=1S/C16H20N6S/c1-22(2)6-5-19-16-13-9-23-8-12(13)11-4-3-10(15(17)21-18)7-14(11)20-16/h3-4,7-9H,5-6,18H2,1-2H3,(H2,17,21)(H,19,20). The van der Waals surface area contributed by atoms with Crippen molar-refractivity contribution in [1.29, 1.82) is 0 Å². The van der Waals surface area contributed by atoms with Crippen LogP contribution in [0.4, 0.5) is 5.82 Å². The minimum atomic E-state index is 0.307. The first-order chi connectivity index (χ1) is 11.1. The van der Waals surface area contributed by atoms with Crippen LogP contribution in [0.1, 0.15) is 5.56 Å². The van der Waals surface area contributed by atoms with Crippen molar-refractivity contribution in [3.05, 3.63) is 34.5 Å². The fraction of sp³-hybridized carbons (Fsp3) is 0.250. The fourth-order valence-corrected chi connectivity index (χ4v) is 3.32. The van der Waals surface area contributed by atoms with E-state index in [4.69, 9.17) is 16.6 Å². The van der Waals surface area contributed by atoms with Crippen molar-refractivity contribution < 1.29 is 0 Å². The molecule has 3 rings (SSSR count). The summed E-state index contributed by atoms with van der Waals surface area (Å²) in [5.41, 5.74) is 7.47. The first-order valence-electron chi connectivity index (χ1n) is 7.32. The first kappa shape index (κ1) is 15.5. The van der Waals surface area contributed by atoms with E-state index in [0.29, 0.717) is 5.84 Å². The molecular formula is C16H20N6S. The number of thiophene rings is 1. The number of hydrogen-bond donors (Lipinski definition) is 3. The highest BCUT2D eigenvalue weighted by Gasteiger charge is 2.10. The summed E-state index contributed by atoms with van der Waals surface area (Å²) in [5.74, 6) is 6.48. The predicted octanol–water partition coefficient (Wildman–Crippen LogP) is 2.00. The van der Waals surface area contributed by atoms with Crippen LogP contribution in [0.2, 0.25) is 0 Å². The molecule has 0 amide bonds. The molecule has 0 fully saturated rings. The minimum Gasteiger partial charge on any atom is -0.382 e. The average molecular weight is 328 g/mol. The molecule has 0 bridgehead atoms. The average Bonchev–Trinajstić information content (AvgIpc) is 3.03. The molecule has 2 heterocycles. The van der Waals surface area contributed by atoms with E-state index in [1.54, 1.807) is 11.3 Å². The van der Waals surface area contributed by atoms with E-state index >= 15 is 0 Å². The zero-order valence-corrected chi connectivity index (χ0v) is 14.0. The molecule has 23 heavy (non-hydrogen) atoms. The Hall–Kier alpha value is -2.38. The maximum atomic E-state index is 5.81. The van der Waals surface area contributed by atoms with Crippen molar-refractivity contribution in [1.82, 2.24) is 9.88 Å². The lowest BCUT2D eigenvalue weighted by Crippen LogP contribution is -2.21. The quantitative estimate of drug-likeness (QED) is 0.288. The SMILES string of the molecule is CN(C)CCNc1nc2cc(/C(N)=N/N)ccc2c2cscc12. The lowest BCUT2D eigenvalue weighted by atomic mass is 10.1. The van der Waals surface area contributed by atoms with Crippen molar-refractivity contribution in [2.24, 2.45) is 16.7 Å². The molecule has 0 aliphatic rings. The molecule has 0 saturated heterocycles. The van der Waals surface area contributed by atoms with Gasteiger partial charge in [-0.2, -0.15) is 16.4 Å². The second-order valence-electron chi connectivity index (χ2n) is 5.64. The van der Waals surface area contributed by atoms with E-state index in [1.165, 1.54) is 5.39 Å². The summed E-state index contributed by atoms with van der Waals surface area (Å²) in [6.07, 6.45) is 0. The van der Waals surface area contributed by atoms with Gasteiger partial charge >= 0.3 is 0 Å². The van der Waals surface area contributed by atoms with Gasteiger partial charge in [0.15, 0.2) is 0 Å². The molecule has 0 unspecified atom stereocenters. The summed E-state index contributed by atoms with van der Waals surface area (Å²) in [6.45, 7) is 1.78. The topological polar surface area (TPSA) is 92.6 Å². The van der Waals surface area contributed by atoms with Crippen LogP contribution in [0.15, 0.2) is 34.1 Å². The third kappa shape index (κ3) is 3.06. The molecule has 2 aromatic heterocycles. The van der Waals surface area contributed by atoms with Gasteiger partial charge in [0.25, 0.3) is 0 Å². The number of anilines is 1. The van der Waals surface area contributed by atoms with Crippen LogP contribution < -0.4 is 16.9 Å². The van der Waals surface area contributed by atoms with Gasteiger partial charge in [0, 0.05) is 40.2 Å². The highest BCUT2D eigenvalue weighted by molar-refractivity contribution is 7.09. The number of nitrogens with zero attached hydrogens (tertiary/aromatic N) is 3. The maximum absolute atomic E-state index is 5.81. The van der Waals surface area contributed by atoms with Crippen molar-refractivity contribution >= 4 is 44.7 Å². The Morgan fingerprint density at radius 2 is 2.04 bits per heavy atom. The van der Waals surface area contributed by atoms with Crippen LogP contribution in [0.25, 0.3) is 21.7 Å². The number of pyridine rings is 1. The van der Waals surface area contributed by atoms with Crippen LogP contribution in [-0.4, -0.2) is 42.9 Å². The number of nitrogens with one attached hydrogen (secondary N) is 1. The molecule has 120 valence electrons. The van der Waals surface area contributed by atoms with E-state index in [1.807, 2.05) is 18.2 Å². The predicted molar refractivity (Wildman–Crippen MR) is 99.1 cm³/mol. The highest BCUT2D eigenvalue weighted by Crippen LogP contribution is 2.32. The minimum absolute atomic E-state index is 0.307. The van der Waals surface area contributed by atoms with Gasteiger partial charge in [0.05, 0.1) is 5.52 Å². The van der Waals surface area contributed by atoms with Gasteiger partial charge in [-0.15, -0.1) is 0 Å². The Morgan fingerprint density at radius 1 is 1.26 bits per heavy atom. The Morgan fingerprint density at radius 3 is 2.78 bits per heavy atom. The molecule has 1 aromatic carbocycles. The van der Waals surface area contributed by atoms with E-state index in [0.717, 1.165) is 40.8 Å². The summed E-state index contributed by atoms with van der Waals surface area (Å²) in [7, 11) is 4.10. The number of amidine groups is 1. The second-order valence-corrected chi connectivity index (χ2v) is 6.38. The number of rotatable bonds is 5. The first-order valence-corrected chi connectivity index (χ1v) is 8.26. The molecule has 6 nitrogen and oxygen atoms in total. The molecule has 7 heteroatoms. The van der Waals surface area contributed by atoms with Gasteiger partial charge in [0.1, 0.15) is 11.7 Å². The summed E-state index contributed by atoms with van der Waals surface area (Å²) in [6, 6.07) is 5.87. The fourth-order valence-electron chi connectivity index (χ4n) is 2.49. The Bertz CT molecular complexity index is 868. The smallest absolute Gasteiger partial charge is 0.150 e. The van der Waals surface area contributed by atoms with Gasteiger partial charge < -0.3 is 21.8 Å². The Labute approximate surface area is 138 Å². The zero-order valence-electron chi connectivity index (χ0n) is 13.2. The second kappa shape index (κ2) is 6.39. The van der Waals surface area contributed by atoms with Crippen molar-refractivity contribution in [2.75, 3.05) is 32.5 Å². The number of fused-ring (bicyclic) bond motifs is 3. The van der Waals surface area contributed by atoms with E-state index in [9.17, 15) is 0 Å². The summed E-state index contributed by atoms with van der Waals surface area (Å²) in [4.78, 5) is 6.91. The monoisotopic (exact) mass is 328 g/mol. The molecule has 0 aliphatic carbocycles. The molecule has 0 saturated carbocycles. The van der Waals surface area contributed by atoms with Gasteiger partial charge in [-0.05, 0) is 25.5 Å². The number of aromatic nitrogens is 1. The van der Waals surface area contributed by atoms with Gasteiger partial charge in [-0.3, -0.25) is 0 Å². The molecule has 5 N–H and O–H groups in total. The maximum Gasteiger partial charge on any atom is 0.150 e. The molecule has 0 atom stereocenters. The van der Waals surface area contributed by atoms with Crippen LogP contribution in [0.5, 0.6) is 0 Å². The van der Waals surface area contributed by atoms with Gasteiger partial charge in [0.2, 0.25) is 0 Å². The summed E-state index contributed by atoms with van der Waals surface area (Å²) < 4.78 is 0. The zero-order chi connectivity index (χ0) is 16.4. The number of benzene rings is 1. The molecular weight excluding hydrogens is 308 g/mol. The molecule has 0 spiro atoms. The lowest BCUT2D eigenvalue weighted by molar-refractivity contribution is 0.425. The highest BCUT2D eigenvalue weighted by atomic mass is 32.1. The largest absolute Gasteiger partial charge is 0.382 e. The molecule has 0 aliphatic heterocycles. The van der Waals surface area contributed by atoms with Crippen LogP contribution in [0, 0.1) is 0 Å². The molecule has 3 aromatic rings. The van der Waals surface area contributed by atoms with Crippen molar-refractivity contribution in [3.8, 4) is 0 Å². The molecule has 0 radical (unpaired) electrons.